The number of likely N-dealkylation sites (N-methyl/N-ethyl adjacent to an activating group) is 1. The molecule has 0 saturated heterocycles. The number of anilines is 1. The predicted molar refractivity (Wildman–Crippen MR) is 79.8 cm³/mol. The number of hydrogen-bond acceptors (Lipinski definition) is 5. The van der Waals surface area contributed by atoms with Gasteiger partial charge in [0.05, 0.1) is 6.54 Å². The van der Waals surface area contributed by atoms with E-state index < -0.39 is 0 Å². The molecular weight excluding hydrogens is 252 g/mol. The molecule has 1 unspecified atom stereocenters. The van der Waals surface area contributed by atoms with Crippen molar-refractivity contribution in [2.45, 2.75) is 39.8 Å². The second-order valence-corrected chi connectivity index (χ2v) is 5.12. The van der Waals surface area contributed by atoms with Crippen molar-refractivity contribution in [3.05, 3.63) is 41.0 Å². The zero-order valence-corrected chi connectivity index (χ0v) is 12.5. The number of aromatic nitrogens is 2. The Labute approximate surface area is 119 Å². The van der Waals surface area contributed by atoms with Crippen molar-refractivity contribution in [2.24, 2.45) is 0 Å². The number of nitrogens with one attached hydrogen (secondary N) is 2. The Morgan fingerprint density at radius 3 is 2.60 bits per heavy atom. The highest BCUT2D eigenvalue weighted by molar-refractivity contribution is 5.56. The van der Waals surface area contributed by atoms with E-state index in [9.17, 15) is 0 Å². The average molecular weight is 274 g/mol. The summed E-state index contributed by atoms with van der Waals surface area (Å²) in [5.74, 6) is 1.36. The van der Waals surface area contributed by atoms with Gasteiger partial charge in [0.1, 0.15) is 0 Å². The second kappa shape index (κ2) is 6.52. The van der Waals surface area contributed by atoms with E-state index in [-0.39, 0.29) is 0 Å². The van der Waals surface area contributed by atoms with Gasteiger partial charge in [-0.15, -0.1) is 0 Å². The predicted octanol–water partition coefficient (Wildman–Crippen LogP) is 2.45. The van der Waals surface area contributed by atoms with Crippen LogP contribution in [0.15, 0.2) is 22.7 Å². The van der Waals surface area contributed by atoms with Gasteiger partial charge in [0.25, 0.3) is 0 Å². The fourth-order valence-corrected chi connectivity index (χ4v) is 2.08. The van der Waals surface area contributed by atoms with Crippen molar-refractivity contribution in [2.75, 3.05) is 12.4 Å². The minimum Gasteiger partial charge on any atom is -0.376 e. The van der Waals surface area contributed by atoms with E-state index >= 15 is 0 Å². The largest absolute Gasteiger partial charge is 0.376 e. The molecule has 5 nitrogen and oxygen atoms in total. The summed E-state index contributed by atoms with van der Waals surface area (Å²) in [6, 6.07) is 6.57. The number of benzene rings is 1. The molecule has 0 amide bonds. The summed E-state index contributed by atoms with van der Waals surface area (Å²) in [7, 11) is 1.92. The maximum absolute atomic E-state index is 5.26. The molecule has 1 atom stereocenters. The Morgan fingerprint density at radius 1 is 1.25 bits per heavy atom. The summed E-state index contributed by atoms with van der Waals surface area (Å²) in [5.41, 5.74) is 3.57. The topological polar surface area (TPSA) is 63.0 Å². The molecule has 1 aromatic heterocycles. The van der Waals surface area contributed by atoms with E-state index in [1.54, 1.807) is 0 Å². The van der Waals surface area contributed by atoms with E-state index in [1.807, 2.05) is 7.05 Å². The van der Waals surface area contributed by atoms with E-state index in [0.717, 1.165) is 17.9 Å². The Hall–Kier alpha value is -1.88. The van der Waals surface area contributed by atoms with Gasteiger partial charge in [0.2, 0.25) is 5.89 Å². The maximum Gasteiger partial charge on any atom is 0.245 e. The average Bonchev–Trinajstić information content (AvgIpc) is 2.85. The summed E-state index contributed by atoms with van der Waals surface area (Å²) in [5, 5.41) is 10.5. The monoisotopic (exact) mass is 274 g/mol. The number of aryl methyl sites for hydroxylation is 2. The van der Waals surface area contributed by atoms with Crippen LogP contribution >= 0.6 is 0 Å². The lowest BCUT2D eigenvalue weighted by Gasteiger charge is -2.10. The van der Waals surface area contributed by atoms with E-state index in [4.69, 9.17) is 4.52 Å². The van der Waals surface area contributed by atoms with E-state index in [2.05, 4.69) is 59.7 Å². The Balaban J connectivity index is 1.98. The van der Waals surface area contributed by atoms with Gasteiger partial charge in [0, 0.05) is 18.2 Å². The van der Waals surface area contributed by atoms with Gasteiger partial charge < -0.3 is 15.2 Å². The van der Waals surface area contributed by atoms with Crippen LogP contribution in [0.25, 0.3) is 0 Å². The van der Waals surface area contributed by atoms with Crippen molar-refractivity contribution in [3.63, 3.8) is 0 Å². The van der Waals surface area contributed by atoms with E-state index in [1.165, 1.54) is 11.1 Å². The normalized spacial score (nSPS) is 12.4. The molecule has 0 aliphatic rings. The van der Waals surface area contributed by atoms with Crippen LogP contribution in [0, 0.1) is 13.8 Å². The van der Waals surface area contributed by atoms with Crippen LogP contribution in [-0.4, -0.2) is 23.2 Å². The quantitative estimate of drug-likeness (QED) is 0.847. The van der Waals surface area contributed by atoms with Gasteiger partial charge >= 0.3 is 0 Å². The summed E-state index contributed by atoms with van der Waals surface area (Å²) < 4.78 is 5.26. The molecule has 2 aromatic rings. The number of rotatable bonds is 6. The van der Waals surface area contributed by atoms with Gasteiger partial charge in [-0.1, -0.05) is 23.4 Å². The standard InChI is InChI=1S/C15H22N4O/c1-10-6-5-7-11(2)15(10)17-9-14-18-13(19-20-14)8-12(3)16-4/h5-7,12,16-17H,8-9H2,1-4H3. The fraction of sp³-hybridized carbons (Fsp3) is 0.467. The van der Waals surface area contributed by atoms with Crippen molar-refractivity contribution in [1.29, 1.82) is 0 Å². The van der Waals surface area contributed by atoms with Crippen molar-refractivity contribution in [1.82, 2.24) is 15.5 Å². The first-order valence-electron chi connectivity index (χ1n) is 6.89. The number of para-hydroxylation sites is 1. The molecule has 20 heavy (non-hydrogen) atoms. The maximum atomic E-state index is 5.26. The fourth-order valence-electron chi connectivity index (χ4n) is 2.08. The molecule has 0 saturated carbocycles. The Morgan fingerprint density at radius 2 is 1.95 bits per heavy atom. The van der Waals surface area contributed by atoms with Crippen LogP contribution in [0.1, 0.15) is 29.8 Å². The molecule has 0 radical (unpaired) electrons. The Kier molecular flexibility index (Phi) is 4.74. The first kappa shape index (κ1) is 14.5. The third-order valence-electron chi connectivity index (χ3n) is 3.39. The zero-order chi connectivity index (χ0) is 14.5. The third-order valence-corrected chi connectivity index (χ3v) is 3.39. The van der Waals surface area contributed by atoms with Gasteiger partial charge in [-0.25, -0.2) is 0 Å². The van der Waals surface area contributed by atoms with Crippen LogP contribution in [0.4, 0.5) is 5.69 Å². The molecule has 0 bridgehead atoms. The lowest BCUT2D eigenvalue weighted by Crippen LogP contribution is -2.24. The number of hydrogen-bond donors (Lipinski definition) is 2. The molecule has 0 spiro atoms. The third kappa shape index (κ3) is 3.57. The van der Waals surface area contributed by atoms with Crippen LogP contribution in [-0.2, 0) is 13.0 Å². The molecule has 0 aliphatic heterocycles. The van der Waals surface area contributed by atoms with Gasteiger partial charge in [0.15, 0.2) is 5.82 Å². The summed E-state index contributed by atoms with van der Waals surface area (Å²) >= 11 is 0. The minimum atomic E-state index is 0.340. The highest BCUT2D eigenvalue weighted by Gasteiger charge is 2.10. The first-order chi connectivity index (χ1) is 9.60. The molecular formula is C15H22N4O. The smallest absolute Gasteiger partial charge is 0.245 e. The first-order valence-corrected chi connectivity index (χ1v) is 6.89. The molecule has 0 fully saturated rings. The van der Waals surface area contributed by atoms with Gasteiger partial charge in [-0.3, -0.25) is 0 Å². The zero-order valence-electron chi connectivity index (χ0n) is 12.5. The molecule has 2 rings (SSSR count). The number of nitrogens with zero attached hydrogens (tertiary/aromatic N) is 2. The SMILES string of the molecule is CNC(C)Cc1noc(CNc2c(C)cccc2C)n1. The van der Waals surface area contributed by atoms with E-state index in [0.29, 0.717) is 18.5 Å². The second-order valence-electron chi connectivity index (χ2n) is 5.12. The summed E-state index contributed by atoms with van der Waals surface area (Å²) in [6.07, 6.45) is 0.767. The Bertz CT molecular complexity index is 545. The molecule has 1 aromatic carbocycles. The van der Waals surface area contributed by atoms with Crippen LogP contribution in [0.2, 0.25) is 0 Å². The summed E-state index contributed by atoms with van der Waals surface area (Å²) in [4.78, 5) is 4.39. The van der Waals surface area contributed by atoms with Crippen molar-refractivity contribution < 1.29 is 4.52 Å². The molecule has 1 heterocycles. The minimum absolute atomic E-state index is 0.340. The van der Waals surface area contributed by atoms with Crippen molar-refractivity contribution in [3.8, 4) is 0 Å². The van der Waals surface area contributed by atoms with Gasteiger partial charge in [-0.05, 0) is 38.9 Å². The molecule has 2 N–H and O–H groups in total. The van der Waals surface area contributed by atoms with Crippen molar-refractivity contribution >= 4 is 5.69 Å². The van der Waals surface area contributed by atoms with Crippen LogP contribution < -0.4 is 10.6 Å². The van der Waals surface area contributed by atoms with Crippen LogP contribution in [0.5, 0.6) is 0 Å². The summed E-state index contributed by atoms with van der Waals surface area (Å²) in [6.45, 7) is 6.81. The lowest BCUT2D eigenvalue weighted by molar-refractivity contribution is 0.375. The molecule has 108 valence electrons. The molecule has 5 heteroatoms. The lowest BCUT2D eigenvalue weighted by atomic mass is 10.1. The highest BCUT2D eigenvalue weighted by Crippen LogP contribution is 2.19. The van der Waals surface area contributed by atoms with Gasteiger partial charge in [-0.2, -0.15) is 4.98 Å². The highest BCUT2D eigenvalue weighted by atomic mass is 16.5. The van der Waals surface area contributed by atoms with Crippen LogP contribution in [0.3, 0.4) is 0 Å². The molecule has 0 aliphatic carbocycles.